The monoisotopic (exact) mass is 291 g/mol. The van der Waals surface area contributed by atoms with Gasteiger partial charge >= 0.3 is 5.97 Å². The fourth-order valence-corrected chi connectivity index (χ4v) is 2.53. The molecule has 1 saturated heterocycles. The highest BCUT2D eigenvalue weighted by Crippen LogP contribution is 2.15. The zero-order valence-electron chi connectivity index (χ0n) is 12.0. The maximum Gasteiger partial charge on any atom is 0.335 e. The van der Waals surface area contributed by atoms with Gasteiger partial charge in [0.2, 0.25) is 5.91 Å². The number of rotatable bonds is 6. The maximum atomic E-state index is 11.9. The molecular formula is C16H21NO4. The number of amides is 1. The third kappa shape index (κ3) is 4.86. The molecule has 1 aromatic rings. The van der Waals surface area contributed by atoms with E-state index < -0.39 is 5.97 Å². The largest absolute Gasteiger partial charge is 0.478 e. The van der Waals surface area contributed by atoms with Gasteiger partial charge in [0.15, 0.2) is 0 Å². The molecule has 1 aliphatic rings. The highest BCUT2D eigenvalue weighted by Gasteiger charge is 2.15. The molecule has 1 fully saturated rings. The van der Waals surface area contributed by atoms with E-state index in [1.54, 1.807) is 18.2 Å². The molecule has 0 saturated carbocycles. The van der Waals surface area contributed by atoms with Crippen LogP contribution in [0.1, 0.15) is 41.6 Å². The summed E-state index contributed by atoms with van der Waals surface area (Å²) in [7, 11) is 0. The summed E-state index contributed by atoms with van der Waals surface area (Å²) in [5, 5.41) is 11.9. The predicted molar refractivity (Wildman–Crippen MR) is 78.3 cm³/mol. The van der Waals surface area contributed by atoms with E-state index in [0.717, 1.165) is 25.9 Å². The van der Waals surface area contributed by atoms with Crippen LogP contribution in [-0.4, -0.2) is 36.2 Å². The number of carboxylic acid groups (broad SMARTS) is 1. The molecule has 1 heterocycles. The van der Waals surface area contributed by atoms with Gasteiger partial charge in [0.25, 0.3) is 0 Å². The first-order chi connectivity index (χ1) is 10.2. The van der Waals surface area contributed by atoms with Crippen LogP contribution < -0.4 is 5.32 Å². The van der Waals surface area contributed by atoms with Crippen LogP contribution in [0.5, 0.6) is 0 Å². The van der Waals surface area contributed by atoms with Crippen LogP contribution in [0.4, 0.5) is 0 Å². The van der Waals surface area contributed by atoms with Gasteiger partial charge < -0.3 is 15.2 Å². The van der Waals surface area contributed by atoms with Crippen molar-refractivity contribution in [1.29, 1.82) is 0 Å². The number of ether oxygens (including phenoxy) is 1. The van der Waals surface area contributed by atoms with Gasteiger partial charge in [0, 0.05) is 13.2 Å². The first-order valence-electron chi connectivity index (χ1n) is 7.36. The Morgan fingerprint density at radius 3 is 2.81 bits per heavy atom. The molecule has 1 aliphatic heterocycles. The summed E-state index contributed by atoms with van der Waals surface area (Å²) in [6, 6.07) is 6.59. The van der Waals surface area contributed by atoms with Crippen molar-refractivity contribution in [2.75, 3.05) is 13.2 Å². The second-order valence-electron chi connectivity index (χ2n) is 5.27. The number of carbonyl (C=O) groups excluding carboxylic acids is 1. The molecule has 0 aliphatic carbocycles. The number of carbonyl (C=O) groups is 2. The number of hydrogen-bond donors (Lipinski definition) is 2. The van der Waals surface area contributed by atoms with Gasteiger partial charge in [-0.1, -0.05) is 18.2 Å². The zero-order valence-corrected chi connectivity index (χ0v) is 12.0. The van der Waals surface area contributed by atoms with Gasteiger partial charge in [0.1, 0.15) is 0 Å². The van der Waals surface area contributed by atoms with E-state index in [4.69, 9.17) is 9.84 Å². The molecule has 114 valence electrons. The molecule has 1 aromatic carbocycles. The summed E-state index contributed by atoms with van der Waals surface area (Å²) in [6.45, 7) is 1.38. The SMILES string of the molecule is O=C(Cc1ccccc1C(=O)O)NCCC1CCCCO1. The minimum absolute atomic E-state index is 0.0913. The zero-order chi connectivity index (χ0) is 15.1. The second kappa shape index (κ2) is 7.78. The molecule has 0 bridgehead atoms. The van der Waals surface area contributed by atoms with Crippen molar-refractivity contribution in [2.45, 2.75) is 38.2 Å². The van der Waals surface area contributed by atoms with E-state index in [1.807, 2.05) is 0 Å². The van der Waals surface area contributed by atoms with Crippen LogP contribution in [0, 0.1) is 0 Å². The fourth-order valence-electron chi connectivity index (χ4n) is 2.53. The lowest BCUT2D eigenvalue weighted by molar-refractivity contribution is -0.120. The van der Waals surface area contributed by atoms with E-state index in [9.17, 15) is 9.59 Å². The summed E-state index contributed by atoms with van der Waals surface area (Å²) in [5.74, 6) is -1.16. The fraction of sp³-hybridized carbons (Fsp3) is 0.500. The molecule has 5 nitrogen and oxygen atoms in total. The summed E-state index contributed by atoms with van der Waals surface area (Å²) >= 11 is 0. The van der Waals surface area contributed by atoms with Gasteiger partial charge in [-0.2, -0.15) is 0 Å². The molecule has 2 rings (SSSR count). The van der Waals surface area contributed by atoms with Crippen molar-refractivity contribution in [2.24, 2.45) is 0 Å². The molecule has 5 heteroatoms. The standard InChI is InChI=1S/C16H21NO4/c18-15(17-9-8-13-6-3-4-10-21-13)11-12-5-1-2-7-14(12)16(19)20/h1-2,5,7,13H,3-4,6,8-11H2,(H,17,18)(H,19,20). The summed E-state index contributed by atoms with van der Waals surface area (Å²) in [5.41, 5.74) is 0.722. The molecule has 0 radical (unpaired) electrons. The summed E-state index contributed by atoms with van der Waals surface area (Å²) in [4.78, 5) is 23.0. The highest BCUT2D eigenvalue weighted by atomic mass is 16.5. The Kier molecular flexibility index (Phi) is 5.75. The van der Waals surface area contributed by atoms with E-state index in [0.29, 0.717) is 12.1 Å². The smallest absolute Gasteiger partial charge is 0.335 e. The van der Waals surface area contributed by atoms with Gasteiger partial charge in [-0.25, -0.2) is 4.79 Å². The number of carboxylic acids is 1. The normalized spacial score (nSPS) is 18.2. The van der Waals surface area contributed by atoms with Crippen LogP contribution in [0.25, 0.3) is 0 Å². The Morgan fingerprint density at radius 1 is 1.29 bits per heavy atom. The van der Waals surface area contributed by atoms with Crippen LogP contribution in [-0.2, 0) is 16.0 Å². The third-order valence-electron chi connectivity index (χ3n) is 3.66. The van der Waals surface area contributed by atoms with Gasteiger partial charge in [0.05, 0.1) is 18.1 Å². The van der Waals surface area contributed by atoms with Crippen molar-refractivity contribution >= 4 is 11.9 Å². The molecular weight excluding hydrogens is 270 g/mol. The van der Waals surface area contributed by atoms with Crippen LogP contribution >= 0.6 is 0 Å². The number of nitrogens with one attached hydrogen (secondary N) is 1. The van der Waals surface area contributed by atoms with Crippen molar-refractivity contribution in [1.82, 2.24) is 5.32 Å². The lowest BCUT2D eigenvalue weighted by Crippen LogP contribution is -2.30. The molecule has 0 aromatic heterocycles. The average Bonchev–Trinajstić information content (AvgIpc) is 2.48. The third-order valence-corrected chi connectivity index (χ3v) is 3.66. The Labute approximate surface area is 124 Å². The van der Waals surface area contributed by atoms with Crippen molar-refractivity contribution < 1.29 is 19.4 Å². The van der Waals surface area contributed by atoms with Gasteiger partial charge in [-0.3, -0.25) is 4.79 Å². The second-order valence-corrected chi connectivity index (χ2v) is 5.27. The number of benzene rings is 1. The first kappa shape index (κ1) is 15.5. The number of hydrogen-bond acceptors (Lipinski definition) is 3. The Morgan fingerprint density at radius 2 is 2.10 bits per heavy atom. The molecule has 2 N–H and O–H groups in total. The molecule has 0 spiro atoms. The average molecular weight is 291 g/mol. The Bertz CT molecular complexity index is 495. The number of aromatic carboxylic acids is 1. The van der Waals surface area contributed by atoms with Crippen LogP contribution in [0.2, 0.25) is 0 Å². The van der Waals surface area contributed by atoms with E-state index in [2.05, 4.69) is 5.32 Å². The van der Waals surface area contributed by atoms with Crippen LogP contribution in [0.15, 0.2) is 24.3 Å². The minimum atomic E-state index is -1.01. The predicted octanol–water partition coefficient (Wildman–Crippen LogP) is 2.00. The topological polar surface area (TPSA) is 75.6 Å². The Hall–Kier alpha value is -1.88. The Balaban J connectivity index is 1.78. The molecule has 1 atom stereocenters. The van der Waals surface area contributed by atoms with Crippen molar-refractivity contribution in [3.8, 4) is 0 Å². The van der Waals surface area contributed by atoms with Crippen LogP contribution in [0.3, 0.4) is 0 Å². The molecule has 1 unspecified atom stereocenters. The van der Waals surface area contributed by atoms with Gasteiger partial charge in [-0.15, -0.1) is 0 Å². The van der Waals surface area contributed by atoms with Crippen molar-refractivity contribution in [3.05, 3.63) is 35.4 Å². The summed E-state index contributed by atoms with van der Waals surface area (Å²) in [6.07, 6.45) is 4.50. The van der Waals surface area contributed by atoms with Gasteiger partial charge in [-0.05, 0) is 37.3 Å². The van der Waals surface area contributed by atoms with E-state index >= 15 is 0 Å². The summed E-state index contributed by atoms with van der Waals surface area (Å²) < 4.78 is 5.60. The molecule has 1 amide bonds. The lowest BCUT2D eigenvalue weighted by Gasteiger charge is -2.22. The molecule has 21 heavy (non-hydrogen) atoms. The lowest BCUT2D eigenvalue weighted by atomic mass is 10.0. The van der Waals surface area contributed by atoms with E-state index in [1.165, 1.54) is 12.5 Å². The first-order valence-corrected chi connectivity index (χ1v) is 7.36. The van der Waals surface area contributed by atoms with E-state index in [-0.39, 0.29) is 24.0 Å². The highest BCUT2D eigenvalue weighted by molar-refractivity contribution is 5.91. The van der Waals surface area contributed by atoms with Crippen molar-refractivity contribution in [3.63, 3.8) is 0 Å². The quantitative estimate of drug-likeness (QED) is 0.840. The minimum Gasteiger partial charge on any atom is -0.478 e. The maximum absolute atomic E-state index is 11.9.